The first-order valence-electron chi connectivity index (χ1n) is 5.02. The van der Waals surface area contributed by atoms with E-state index in [2.05, 4.69) is 14.9 Å². The van der Waals surface area contributed by atoms with E-state index in [1.54, 1.807) is 18.6 Å². The summed E-state index contributed by atoms with van der Waals surface area (Å²) in [7, 11) is 0. The molecular formula is C10H15N3O. The molecule has 1 aliphatic rings. The Hall–Kier alpha value is -1.16. The van der Waals surface area contributed by atoms with Crippen LogP contribution in [0.25, 0.3) is 0 Å². The molecule has 1 aromatic rings. The average Bonchev–Trinajstić information content (AvgIpc) is 2.30. The van der Waals surface area contributed by atoms with Gasteiger partial charge in [-0.1, -0.05) is 0 Å². The molecule has 0 saturated carbocycles. The number of piperidine rings is 1. The second-order valence-electron chi connectivity index (χ2n) is 3.68. The molecule has 1 aromatic heterocycles. The van der Waals surface area contributed by atoms with Gasteiger partial charge in [-0.05, 0) is 18.8 Å². The molecule has 0 radical (unpaired) electrons. The van der Waals surface area contributed by atoms with E-state index < -0.39 is 0 Å². The number of nitrogens with zero attached hydrogens (tertiary/aromatic N) is 3. The Bertz CT molecular complexity index is 270. The summed E-state index contributed by atoms with van der Waals surface area (Å²) >= 11 is 0. The number of aliphatic hydroxyl groups excluding tert-OH is 1. The molecule has 76 valence electrons. The third-order valence-corrected chi connectivity index (χ3v) is 2.75. The van der Waals surface area contributed by atoms with Crippen molar-refractivity contribution >= 4 is 5.82 Å². The number of rotatable bonds is 2. The van der Waals surface area contributed by atoms with Crippen LogP contribution in [0.2, 0.25) is 0 Å². The average molecular weight is 193 g/mol. The number of hydrogen-bond donors (Lipinski definition) is 1. The van der Waals surface area contributed by atoms with Gasteiger partial charge < -0.3 is 10.0 Å². The van der Waals surface area contributed by atoms with Crippen molar-refractivity contribution < 1.29 is 5.11 Å². The van der Waals surface area contributed by atoms with Gasteiger partial charge in [-0.2, -0.15) is 0 Å². The molecule has 4 nitrogen and oxygen atoms in total. The Morgan fingerprint density at radius 1 is 1.36 bits per heavy atom. The lowest BCUT2D eigenvalue weighted by Gasteiger charge is -2.31. The SMILES string of the molecule is OCC1CCN(c2cnccn2)CC1. The van der Waals surface area contributed by atoms with Crippen LogP contribution in [0.4, 0.5) is 5.82 Å². The second-order valence-corrected chi connectivity index (χ2v) is 3.68. The van der Waals surface area contributed by atoms with Gasteiger partial charge in [0.15, 0.2) is 0 Å². The number of aromatic nitrogens is 2. The molecule has 1 N–H and O–H groups in total. The van der Waals surface area contributed by atoms with E-state index >= 15 is 0 Å². The zero-order valence-electron chi connectivity index (χ0n) is 8.13. The van der Waals surface area contributed by atoms with Crippen molar-refractivity contribution in [3.05, 3.63) is 18.6 Å². The summed E-state index contributed by atoms with van der Waals surface area (Å²) in [6, 6.07) is 0. The van der Waals surface area contributed by atoms with Gasteiger partial charge in [-0.3, -0.25) is 4.98 Å². The Balaban J connectivity index is 1.96. The summed E-state index contributed by atoms with van der Waals surface area (Å²) in [6.07, 6.45) is 7.29. The van der Waals surface area contributed by atoms with Crippen LogP contribution in [0.3, 0.4) is 0 Å². The maximum Gasteiger partial charge on any atom is 0.147 e. The van der Waals surface area contributed by atoms with Crippen LogP contribution in [0.15, 0.2) is 18.6 Å². The largest absolute Gasteiger partial charge is 0.396 e. The lowest BCUT2D eigenvalue weighted by atomic mass is 9.98. The first-order valence-corrected chi connectivity index (χ1v) is 5.02. The van der Waals surface area contributed by atoms with Crippen LogP contribution in [-0.4, -0.2) is 34.8 Å². The third-order valence-electron chi connectivity index (χ3n) is 2.75. The molecule has 0 aromatic carbocycles. The highest BCUT2D eigenvalue weighted by Crippen LogP contribution is 2.20. The van der Waals surface area contributed by atoms with Gasteiger partial charge in [0.1, 0.15) is 5.82 Å². The standard InChI is InChI=1S/C10H15N3O/c14-8-9-1-5-13(6-2-9)10-7-11-3-4-12-10/h3-4,7,9,14H,1-2,5-6,8H2. The first-order chi connectivity index (χ1) is 6.90. The first kappa shape index (κ1) is 9.40. The number of anilines is 1. The minimum atomic E-state index is 0.314. The van der Waals surface area contributed by atoms with E-state index in [9.17, 15) is 0 Å². The number of hydrogen-bond acceptors (Lipinski definition) is 4. The zero-order chi connectivity index (χ0) is 9.80. The monoisotopic (exact) mass is 193 g/mol. The minimum absolute atomic E-state index is 0.314. The van der Waals surface area contributed by atoms with Gasteiger partial charge >= 0.3 is 0 Å². The molecule has 0 aliphatic carbocycles. The minimum Gasteiger partial charge on any atom is -0.396 e. The van der Waals surface area contributed by atoms with Crippen molar-refractivity contribution in [2.24, 2.45) is 5.92 Å². The maximum atomic E-state index is 9.00. The van der Waals surface area contributed by atoms with Crippen molar-refractivity contribution in [1.29, 1.82) is 0 Å². The Labute approximate surface area is 83.6 Å². The van der Waals surface area contributed by atoms with Gasteiger partial charge in [-0.25, -0.2) is 4.98 Å². The lowest BCUT2D eigenvalue weighted by molar-refractivity contribution is 0.203. The van der Waals surface area contributed by atoms with Crippen LogP contribution in [0.5, 0.6) is 0 Å². The van der Waals surface area contributed by atoms with Crippen molar-refractivity contribution in [2.45, 2.75) is 12.8 Å². The summed E-state index contributed by atoms with van der Waals surface area (Å²) in [4.78, 5) is 10.5. The zero-order valence-corrected chi connectivity index (χ0v) is 8.13. The van der Waals surface area contributed by atoms with E-state index in [-0.39, 0.29) is 0 Å². The van der Waals surface area contributed by atoms with Gasteiger partial charge in [0.2, 0.25) is 0 Å². The fraction of sp³-hybridized carbons (Fsp3) is 0.600. The second kappa shape index (κ2) is 4.37. The van der Waals surface area contributed by atoms with Gasteiger partial charge in [0, 0.05) is 32.1 Å². The highest BCUT2D eigenvalue weighted by Gasteiger charge is 2.19. The summed E-state index contributed by atoms with van der Waals surface area (Å²) in [5, 5.41) is 9.00. The van der Waals surface area contributed by atoms with Crippen molar-refractivity contribution in [1.82, 2.24) is 9.97 Å². The fourth-order valence-corrected chi connectivity index (χ4v) is 1.80. The molecule has 0 spiro atoms. The van der Waals surface area contributed by atoms with Gasteiger partial charge in [0.25, 0.3) is 0 Å². The van der Waals surface area contributed by atoms with E-state index in [1.807, 2.05) is 0 Å². The van der Waals surface area contributed by atoms with Crippen LogP contribution in [-0.2, 0) is 0 Å². The maximum absolute atomic E-state index is 9.00. The summed E-state index contributed by atoms with van der Waals surface area (Å²) in [6.45, 7) is 2.27. The van der Waals surface area contributed by atoms with Crippen molar-refractivity contribution in [2.75, 3.05) is 24.6 Å². The van der Waals surface area contributed by atoms with Gasteiger partial charge in [0.05, 0.1) is 6.20 Å². The van der Waals surface area contributed by atoms with E-state index in [1.165, 1.54) is 0 Å². The summed E-state index contributed by atoms with van der Waals surface area (Å²) in [5.74, 6) is 1.42. The molecular weight excluding hydrogens is 178 g/mol. The Kier molecular flexibility index (Phi) is 2.93. The molecule has 1 saturated heterocycles. The molecule has 4 heteroatoms. The van der Waals surface area contributed by atoms with Gasteiger partial charge in [-0.15, -0.1) is 0 Å². The molecule has 0 unspecified atom stereocenters. The highest BCUT2D eigenvalue weighted by molar-refractivity contribution is 5.35. The topological polar surface area (TPSA) is 49.2 Å². The Morgan fingerprint density at radius 2 is 2.14 bits per heavy atom. The molecule has 0 bridgehead atoms. The summed E-state index contributed by atoms with van der Waals surface area (Å²) in [5.41, 5.74) is 0. The summed E-state index contributed by atoms with van der Waals surface area (Å²) < 4.78 is 0. The molecule has 1 aliphatic heterocycles. The molecule has 0 atom stereocenters. The Morgan fingerprint density at radius 3 is 2.71 bits per heavy atom. The van der Waals surface area contributed by atoms with Crippen LogP contribution < -0.4 is 4.90 Å². The third kappa shape index (κ3) is 2.01. The lowest BCUT2D eigenvalue weighted by Crippen LogP contribution is -2.35. The molecule has 0 amide bonds. The predicted molar refractivity (Wildman–Crippen MR) is 54.1 cm³/mol. The van der Waals surface area contributed by atoms with Crippen molar-refractivity contribution in [3.63, 3.8) is 0 Å². The molecule has 2 heterocycles. The van der Waals surface area contributed by atoms with Crippen LogP contribution in [0.1, 0.15) is 12.8 Å². The fourth-order valence-electron chi connectivity index (χ4n) is 1.80. The highest BCUT2D eigenvalue weighted by atomic mass is 16.3. The molecule has 14 heavy (non-hydrogen) atoms. The predicted octanol–water partition coefficient (Wildman–Crippen LogP) is 0.685. The normalized spacial score (nSPS) is 18.5. The van der Waals surface area contributed by atoms with E-state index in [0.29, 0.717) is 12.5 Å². The van der Waals surface area contributed by atoms with E-state index in [0.717, 1.165) is 31.7 Å². The molecule has 2 rings (SSSR count). The quantitative estimate of drug-likeness (QED) is 0.750. The van der Waals surface area contributed by atoms with E-state index in [4.69, 9.17) is 5.11 Å². The van der Waals surface area contributed by atoms with Crippen LogP contribution in [0, 0.1) is 5.92 Å². The van der Waals surface area contributed by atoms with Crippen molar-refractivity contribution in [3.8, 4) is 0 Å². The van der Waals surface area contributed by atoms with Crippen LogP contribution >= 0.6 is 0 Å². The number of aliphatic hydroxyl groups is 1. The smallest absolute Gasteiger partial charge is 0.147 e. The molecule has 1 fully saturated rings.